The van der Waals surface area contributed by atoms with E-state index in [1.807, 2.05) is 0 Å². The van der Waals surface area contributed by atoms with Crippen LogP contribution in [-0.4, -0.2) is 5.97 Å². The highest BCUT2D eigenvalue weighted by molar-refractivity contribution is 5.91. The number of benzene rings is 2. The molecule has 0 bridgehead atoms. The molecule has 0 aliphatic rings. The van der Waals surface area contributed by atoms with Gasteiger partial charge in [-0.05, 0) is 24.3 Å². The molecule has 0 saturated heterocycles. The van der Waals surface area contributed by atoms with Gasteiger partial charge in [-0.2, -0.15) is 0 Å². The normalized spacial score (nSPS) is 10.2. The second-order valence-electron chi connectivity index (χ2n) is 3.44. The van der Waals surface area contributed by atoms with Gasteiger partial charge < -0.3 is 4.74 Å². The second kappa shape index (κ2) is 4.91. The first-order valence-electron chi connectivity index (χ1n) is 4.99. The minimum absolute atomic E-state index is 0.314. The summed E-state index contributed by atoms with van der Waals surface area (Å²) in [6, 6.07) is 7.63. The van der Waals surface area contributed by atoms with E-state index in [0.717, 1.165) is 18.2 Å². The lowest BCUT2D eigenvalue weighted by Crippen LogP contribution is -2.11. The fourth-order valence-electron chi connectivity index (χ4n) is 1.34. The van der Waals surface area contributed by atoms with Crippen LogP contribution in [0.5, 0.6) is 5.75 Å². The lowest BCUT2D eigenvalue weighted by molar-refractivity contribution is 0.0723. The molecular weight excluding hydrogens is 245 g/mol. The van der Waals surface area contributed by atoms with Gasteiger partial charge >= 0.3 is 5.97 Å². The predicted octanol–water partition coefficient (Wildman–Crippen LogP) is 3.32. The zero-order valence-electron chi connectivity index (χ0n) is 8.99. The highest BCUT2D eigenvalue weighted by Gasteiger charge is 2.16. The first-order valence-corrected chi connectivity index (χ1v) is 4.99. The molecule has 0 N–H and O–H groups in total. The number of rotatable bonds is 2. The summed E-state index contributed by atoms with van der Waals surface area (Å²) in [4.78, 5) is 11.5. The fourth-order valence-corrected chi connectivity index (χ4v) is 1.34. The SMILES string of the molecule is O=C(Oc1ccccc1F)c1ccc(F)cc1F. The quantitative estimate of drug-likeness (QED) is 0.605. The van der Waals surface area contributed by atoms with E-state index in [2.05, 4.69) is 4.74 Å². The number of ether oxygens (including phenoxy) is 1. The van der Waals surface area contributed by atoms with Gasteiger partial charge in [0, 0.05) is 6.07 Å². The average molecular weight is 252 g/mol. The zero-order valence-corrected chi connectivity index (χ0v) is 8.99. The molecule has 2 nitrogen and oxygen atoms in total. The van der Waals surface area contributed by atoms with Crippen molar-refractivity contribution in [2.24, 2.45) is 0 Å². The molecule has 0 amide bonds. The number of hydrogen-bond donors (Lipinski definition) is 0. The molecule has 0 radical (unpaired) electrons. The smallest absolute Gasteiger partial charge is 0.346 e. The number of hydrogen-bond acceptors (Lipinski definition) is 2. The molecule has 18 heavy (non-hydrogen) atoms. The van der Waals surface area contributed by atoms with Crippen molar-refractivity contribution in [1.29, 1.82) is 0 Å². The van der Waals surface area contributed by atoms with E-state index in [0.29, 0.717) is 6.07 Å². The van der Waals surface area contributed by atoms with Crippen LogP contribution in [0.2, 0.25) is 0 Å². The molecule has 0 aliphatic carbocycles. The van der Waals surface area contributed by atoms with Crippen molar-refractivity contribution >= 4 is 5.97 Å². The average Bonchev–Trinajstić information content (AvgIpc) is 2.32. The zero-order chi connectivity index (χ0) is 13.1. The van der Waals surface area contributed by atoms with Crippen LogP contribution in [0.3, 0.4) is 0 Å². The van der Waals surface area contributed by atoms with Crippen molar-refractivity contribution in [3.8, 4) is 5.75 Å². The Morgan fingerprint density at radius 2 is 1.67 bits per heavy atom. The number of para-hydroxylation sites is 1. The molecule has 0 aliphatic heterocycles. The number of esters is 1. The highest BCUT2D eigenvalue weighted by atomic mass is 19.1. The minimum Gasteiger partial charge on any atom is -0.420 e. The summed E-state index contributed by atoms with van der Waals surface area (Å²) in [5.74, 6) is -4.01. The predicted molar refractivity (Wildman–Crippen MR) is 57.7 cm³/mol. The van der Waals surface area contributed by atoms with Gasteiger partial charge in [0.1, 0.15) is 11.6 Å². The molecule has 0 spiro atoms. The van der Waals surface area contributed by atoms with Crippen molar-refractivity contribution in [3.05, 3.63) is 65.5 Å². The minimum atomic E-state index is -1.09. The van der Waals surface area contributed by atoms with E-state index >= 15 is 0 Å². The van der Waals surface area contributed by atoms with Crippen molar-refractivity contribution in [3.63, 3.8) is 0 Å². The monoisotopic (exact) mass is 252 g/mol. The van der Waals surface area contributed by atoms with E-state index < -0.39 is 29.0 Å². The Morgan fingerprint density at radius 1 is 0.944 bits per heavy atom. The van der Waals surface area contributed by atoms with E-state index in [-0.39, 0.29) is 5.75 Å². The molecular formula is C13H7F3O2. The number of halogens is 3. The summed E-state index contributed by atoms with van der Waals surface area (Å²) in [6.45, 7) is 0. The molecule has 2 rings (SSSR count). The Labute approximate surface area is 101 Å². The Kier molecular flexibility index (Phi) is 3.32. The maximum atomic E-state index is 13.3. The third kappa shape index (κ3) is 2.51. The molecule has 0 saturated carbocycles. The molecule has 2 aromatic carbocycles. The number of carbonyl (C=O) groups is 1. The van der Waals surface area contributed by atoms with E-state index in [4.69, 9.17) is 0 Å². The molecule has 2 aromatic rings. The third-order valence-electron chi connectivity index (χ3n) is 2.19. The molecule has 0 fully saturated rings. The van der Waals surface area contributed by atoms with Gasteiger partial charge in [-0.15, -0.1) is 0 Å². The topological polar surface area (TPSA) is 26.3 Å². The maximum absolute atomic E-state index is 13.3. The van der Waals surface area contributed by atoms with Gasteiger partial charge in [0.25, 0.3) is 0 Å². The van der Waals surface area contributed by atoms with Crippen LogP contribution in [0.25, 0.3) is 0 Å². The Hall–Kier alpha value is -2.30. The molecule has 0 heterocycles. The lowest BCUT2D eigenvalue weighted by Gasteiger charge is -2.05. The summed E-state index contributed by atoms with van der Waals surface area (Å²) < 4.78 is 43.8. The first kappa shape index (κ1) is 12.2. The van der Waals surface area contributed by atoms with Crippen molar-refractivity contribution in [1.82, 2.24) is 0 Å². The van der Waals surface area contributed by atoms with Crippen LogP contribution in [0.4, 0.5) is 13.2 Å². The molecule has 0 atom stereocenters. The summed E-state index contributed by atoms with van der Waals surface area (Å²) >= 11 is 0. The molecule has 92 valence electrons. The van der Waals surface area contributed by atoms with Crippen LogP contribution >= 0.6 is 0 Å². The highest BCUT2D eigenvalue weighted by Crippen LogP contribution is 2.18. The lowest BCUT2D eigenvalue weighted by atomic mass is 10.2. The fraction of sp³-hybridized carbons (Fsp3) is 0. The third-order valence-corrected chi connectivity index (χ3v) is 2.19. The van der Waals surface area contributed by atoms with E-state index in [9.17, 15) is 18.0 Å². The maximum Gasteiger partial charge on any atom is 0.346 e. The number of carbonyl (C=O) groups excluding carboxylic acids is 1. The van der Waals surface area contributed by atoms with Crippen LogP contribution in [0, 0.1) is 17.5 Å². The van der Waals surface area contributed by atoms with Gasteiger partial charge in [0.2, 0.25) is 0 Å². The second-order valence-corrected chi connectivity index (χ2v) is 3.44. The Morgan fingerprint density at radius 3 is 2.33 bits per heavy atom. The summed E-state index contributed by atoms with van der Waals surface area (Å²) in [6.07, 6.45) is 0. The Balaban J connectivity index is 2.25. The van der Waals surface area contributed by atoms with Crippen molar-refractivity contribution < 1.29 is 22.7 Å². The van der Waals surface area contributed by atoms with Crippen LogP contribution in [-0.2, 0) is 0 Å². The van der Waals surface area contributed by atoms with Crippen LogP contribution in [0.15, 0.2) is 42.5 Å². The van der Waals surface area contributed by atoms with Crippen LogP contribution < -0.4 is 4.74 Å². The molecule has 5 heteroatoms. The van der Waals surface area contributed by atoms with Crippen molar-refractivity contribution in [2.75, 3.05) is 0 Å². The van der Waals surface area contributed by atoms with Crippen molar-refractivity contribution in [2.45, 2.75) is 0 Å². The van der Waals surface area contributed by atoms with E-state index in [1.165, 1.54) is 18.2 Å². The van der Waals surface area contributed by atoms with Crippen LogP contribution in [0.1, 0.15) is 10.4 Å². The van der Waals surface area contributed by atoms with Gasteiger partial charge in [-0.3, -0.25) is 0 Å². The van der Waals surface area contributed by atoms with Gasteiger partial charge in [-0.25, -0.2) is 18.0 Å². The first-order chi connectivity index (χ1) is 8.58. The standard InChI is InChI=1S/C13H7F3O2/c14-8-5-6-9(11(16)7-8)13(17)18-12-4-2-1-3-10(12)15/h1-7H. The Bertz CT molecular complexity index is 597. The van der Waals surface area contributed by atoms with Gasteiger partial charge in [0.15, 0.2) is 11.6 Å². The largest absolute Gasteiger partial charge is 0.420 e. The summed E-state index contributed by atoms with van der Waals surface area (Å²) in [5, 5.41) is 0. The molecule has 0 aromatic heterocycles. The van der Waals surface area contributed by atoms with Gasteiger partial charge in [-0.1, -0.05) is 12.1 Å². The summed E-state index contributed by atoms with van der Waals surface area (Å²) in [7, 11) is 0. The van der Waals surface area contributed by atoms with Gasteiger partial charge in [0.05, 0.1) is 5.56 Å². The summed E-state index contributed by atoms with van der Waals surface area (Å²) in [5.41, 5.74) is -0.459. The van der Waals surface area contributed by atoms with E-state index in [1.54, 1.807) is 0 Å². The molecule has 0 unspecified atom stereocenters.